The Kier molecular flexibility index (Phi) is 1.65. The fraction of sp³-hybridized carbons (Fsp3) is 0.273. The number of para-hydroxylation sites is 1. The van der Waals surface area contributed by atoms with Crippen molar-refractivity contribution in [1.82, 2.24) is 0 Å². The second-order valence-electron chi connectivity index (χ2n) is 3.27. The first kappa shape index (κ1) is 7.41. The molecule has 1 aromatic carbocycles. The molecule has 0 N–H and O–H groups in total. The summed E-state index contributed by atoms with van der Waals surface area (Å²) in [6, 6.07) is 8.98. The summed E-state index contributed by atoms with van der Waals surface area (Å²) in [5.74, 6) is 0. The molecule has 0 fully saturated rings. The van der Waals surface area contributed by atoms with E-state index < -0.39 is 0 Å². The third kappa shape index (κ3) is 1.02. The van der Waals surface area contributed by atoms with Crippen molar-refractivity contribution >= 4 is 11.8 Å². The Labute approximate surface area is 73.3 Å². The molecule has 1 aliphatic rings. The molecule has 1 atom stereocenters. The van der Waals surface area contributed by atoms with E-state index in [-0.39, 0.29) is 0 Å². The summed E-state index contributed by atoms with van der Waals surface area (Å²) in [5, 5.41) is 0. The zero-order valence-electron chi connectivity index (χ0n) is 7.49. The third-order valence-electron chi connectivity index (χ3n) is 2.48. The van der Waals surface area contributed by atoms with Gasteiger partial charge in [0.2, 0.25) is 0 Å². The molecule has 0 saturated heterocycles. The molecule has 0 radical (unpaired) electrons. The van der Waals surface area contributed by atoms with E-state index in [0.29, 0.717) is 6.04 Å². The molecular formula is C11H13N. The summed E-state index contributed by atoms with van der Waals surface area (Å²) in [4.78, 5) is 2.29. The highest BCUT2D eigenvalue weighted by atomic mass is 15.1. The highest BCUT2D eigenvalue weighted by Gasteiger charge is 2.13. The van der Waals surface area contributed by atoms with E-state index in [1.807, 2.05) is 0 Å². The quantitative estimate of drug-likeness (QED) is 0.562. The van der Waals surface area contributed by atoms with Crippen LogP contribution in [-0.4, -0.2) is 13.1 Å². The number of rotatable bonds is 0. The van der Waals surface area contributed by atoms with Gasteiger partial charge in [-0.15, -0.1) is 0 Å². The van der Waals surface area contributed by atoms with Crippen LogP contribution in [0.1, 0.15) is 12.5 Å². The molecule has 0 bridgehead atoms. The van der Waals surface area contributed by atoms with Gasteiger partial charge in [0.1, 0.15) is 0 Å². The van der Waals surface area contributed by atoms with Crippen molar-refractivity contribution in [2.75, 3.05) is 11.9 Å². The summed E-state index contributed by atoms with van der Waals surface area (Å²) in [5.41, 5.74) is 2.64. The zero-order valence-corrected chi connectivity index (χ0v) is 7.49. The summed E-state index contributed by atoms with van der Waals surface area (Å²) >= 11 is 0. The average Bonchev–Trinajstić information content (AvgIpc) is 2.12. The van der Waals surface area contributed by atoms with Gasteiger partial charge in [-0.1, -0.05) is 30.4 Å². The minimum Gasteiger partial charge on any atom is -0.368 e. The molecule has 2 rings (SSSR count). The van der Waals surface area contributed by atoms with Crippen LogP contribution in [0.2, 0.25) is 0 Å². The molecule has 12 heavy (non-hydrogen) atoms. The standard InChI is InChI=1S/C11H13N/c1-9-7-8-10-5-3-4-6-11(10)12(9)2/h3-9H,1-2H3. The molecule has 62 valence electrons. The van der Waals surface area contributed by atoms with Crippen molar-refractivity contribution in [2.45, 2.75) is 13.0 Å². The van der Waals surface area contributed by atoms with Gasteiger partial charge in [-0.05, 0) is 18.6 Å². The number of benzene rings is 1. The number of nitrogens with zero attached hydrogens (tertiary/aromatic N) is 1. The Morgan fingerprint density at radius 3 is 2.83 bits per heavy atom. The number of likely N-dealkylation sites (N-methyl/N-ethyl adjacent to an activating group) is 1. The summed E-state index contributed by atoms with van der Waals surface area (Å²) in [6.45, 7) is 2.20. The lowest BCUT2D eigenvalue weighted by atomic mass is 10.1. The fourth-order valence-corrected chi connectivity index (χ4v) is 1.54. The van der Waals surface area contributed by atoms with Crippen LogP contribution in [0.5, 0.6) is 0 Å². The van der Waals surface area contributed by atoms with Crippen LogP contribution in [0.3, 0.4) is 0 Å². The smallest absolute Gasteiger partial charge is 0.0445 e. The Morgan fingerprint density at radius 1 is 1.25 bits per heavy atom. The van der Waals surface area contributed by atoms with Crippen molar-refractivity contribution < 1.29 is 0 Å². The molecule has 1 nitrogen and oxygen atoms in total. The second kappa shape index (κ2) is 2.67. The molecule has 1 aliphatic heterocycles. The van der Waals surface area contributed by atoms with Crippen LogP contribution in [-0.2, 0) is 0 Å². The van der Waals surface area contributed by atoms with Gasteiger partial charge in [-0.25, -0.2) is 0 Å². The van der Waals surface area contributed by atoms with Crippen LogP contribution < -0.4 is 4.90 Å². The van der Waals surface area contributed by atoms with Gasteiger partial charge in [0.15, 0.2) is 0 Å². The van der Waals surface area contributed by atoms with E-state index in [4.69, 9.17) is 0 Å². The molecule has 1 heteroatoms. The Morgan fingerprint density at radius 2 is 2.00 bits per heavy atom. The van der Waals surface area contributed by atoms with Crippen LogP contribution in [0.15, 0.2) is 30.3 Å². The number of hydrogen-bond donors (Lipinski definition) is 0. The summed E-state index contributed by atoms with van der Waals surface area (Å²) < 4.78 is 0. The molecule has 0 aliphatic carbocycles. The lowest BCUT2D eigenvalue weighted by Gasteiger charge is -2.29. The molecule has 0 aromatic heterocycles. The van der Waals surface area contributed by atoms with Gasteiger partial charge in [0, 0.05) is 18.8 Å². The van der Waals surface area contributed by atoms with Gasteiger partial charge in [0.25, 0.3) is 0 Å². The Bertz CT molecular complexity index is 315. The average molecular weight is 159 g/mol. The fourth-order valence-electron chi connectivity index (χ4n) is 1.54. The SMILES string of the molecule is CC1C=Cc2ccccc2N1C. The maximum atomic E-state index is 2.29. The van der Waals surface area contributed by atoms with E-state index in [0.717, 1.165) is 0 Å². The van der Waals surface area contributed by atoms with Gasteiger partial charge in [-0.2, -0.15) is 0 Å². The van der Waals surface area contributed by atoms with E-state index >= 15 is 0 Å². The van der Waals surface area contributed by atoms with Crippen molar-refractivity contribution in [3.63, 3.8) is 0 Å². The summed E-state index contributed by atoms with van der Waals surface area (Å²) in [7, 11) is 2.13. The van der Waals surface area contributed by atoms with Crippen LogP contribution in [0.25, 0.3) is 6.08 Å². The highest BCUT2D eigenvalue weighted by Crippen LogP contribution is 2.26. The van der Waals surface area contributed by atoms with Gasteiger partial charge in [0.05, 0.1) is 0 Å². The largest absolute Gasteiger partial charge is 0.368 e. The van der Waals surface area contributed by atoms with Crippen LogP contribution in [0, 0.1) is 0 Å². The maximum absolute atomic E-state index is 2.29. The van der Waals surface area contributed by atoms with E-state index in [2.05, 4.69) is 55.3 Å². The minimum atomic E-state index is 0.514. The number of fused-ring (bicyclic) bond motifs is 1. The highest BCUT2D eigenvalue weighted by molar-refractivity contribution is 5.71. The van der Waals surface area contributed by atoms with E-state index in [1.165, 1.54) is 11.3 Å². The lowest BCUT2D eigenvalue weighted by Crippen LogP contribution is -2.29. The molecule has 1 unspecified atom stereocenters. The van der Waals surface area contributed by atoms with Gasteiger partial charge < -0.3 is 4.90 Å². The Balaban J connectivity index is 2.52. The van der Waals surface area contributed by atoms with Gasteiger partial charge in [-0.3, -0.25) is 0 Å². The number of hydrogen-bond acceptors (Lipinski definition) is 1. The van der Waals surface area contributed by atoms with E-state index in [1.54, 1.807) is 0 Å². The predicted octanol–water partition coefficient (Wildman–Crippen LogP) is 2.54. The molecule has 0 amide bonds. The van der Waals surface area contributed by atoms with Crippen molar-refractivity contribution in [3.8, 4) is 0 Å². The first-order valence-electron chi connectivity index (χ1n) is 4.29. The topological polar surface area (TPSA) is 3.24 Å². The zero-order chi connectivity index (χ0) is 8.55. The normalized spacial score (nSPS) is 20.8. The summed E-state index contributed by atoms with van der Waals surface area (Å²) in [6.07, 6.45) is 4.42. The van der Waals surface area contributed by atoms with Crippen molar-refractivity contribution in [3.05, 3.63) is 35.9 Å². The molecular weight excluding hydrogens is 146 g/mol. The molecule has 1 heterocycles. The monoisotopic (exact) mass is 159 g/mol. The Hall–Kier alpha value is -1.24. The number of anilines is 1. The molecule has 0 saturated carbocycles. The molecule has 0 spiro atoms. The van der Waals surface area contributed by atoms with Gasteiger partial charge >= 0.3 is 0 Å². The first-order chi connectivity index (χ1) is 5.79. The third-order valence-corrected chi connectivity index (χ3v) is 2.48. The molecule has 1 aromatic rings. The van der Waals surface area contributed by atoms with Crippen molar-refractivity contribution in [2.24, 2.45) is 0 Å². The minimum absolute atomic E-state index is 0.514. The van der Waals surface area contributed by atoms with Crippen LogP contribution >= 0.6 is 0 Å². The first-order valence-corrected chi connectivity index (χ1v) is 4.29. The van der Waals surface area contributed by atoms with Crippen LogP contribution in [0.4, 0.5) is 5.69 Å². The maximum Gasteiger partial charge on any atom is 0.0445 e. The van der Waals surface area contributed by atoms with E-state index in [9.17, 15) is 0 Å². The van der Waals surface area contributed by atoms with Crippen molar-refractivity contribution in [1.29, 1.82) is 0 Å². The second-order valence-corrected chi connectivity index (χ2v) is 3.27. The lowest BCUT2D eigenvalue weighted by molar-refractivity contribution is 0.817. The predicted molar refractivity (Wildman–Crippen MR) is 53.3 cm³/mol.